The van der Waals surface area contributed by atoms with E-state index in [1.165, 1.54) is 6.07 Å². The third kappa shape index (κ3) is 1.88. The number of nitrogen functional groups attached to an aromatic ring is 1. The molecule has 0 aliphatic rings. The number of nitrogens with two attached hydrogens (primary N) is 1. The van der Waals surface area contributed by atoms with E-state index < -0.39 is 11.6 Å². The van der Waals surface area contributed by atoms with Crippen molar-refractivity contribution in [2.45, 2.75) is 20.4 Å². The summed E-state index contributed by atoms with van der Waals surface area (Å²) < 4.78 is 27.8. The van der Waals surface area contributed by atoms with Crippen LogP contribution in [-0.2, 0) is 6.54 Å². The van der Waals surface area contributed by atoms with E-state index in [1.807, 2.05) is 18.4 Å². The molecule has 0 aliphatic heterocycles. The van der Waals surface area contributed by atoms with Crippen molar-refractivity contribution in [2.24, 2.45) is 0 Å². The average molecular weight is 237 g/mol. The highest BCUT2D eigenvalue weighted by Gasteiger charge is 2.14. The van der Waals surface area contributed by atoms with Crippen LogP contribution in [0.25, 0.3) is 11.3 Å². The number of benzene rings is 1. The van der Waals surface area contributed by atoms with Gasteiger partial charge in [0.1, 0.15) is 17.3 Å². The van der Waals surface area contributed by atoms with Crippen LogP contribution in [0.2, 0.25) is 0 Å². The molecule has 0 unspecified atom stereocenters. The van der Waals surface area contributed by atoms with Crippen LogP contribution in [0.3, 0.4) is 0 Å². The molecule has 5 heteroatoms. The van der Waals surface area contributed by atoms with E-state index in [1.54, 1.807) is 0 Å². The van der Waals surface area contributed by atoms with Crippen LogP contribution in [-0.4, -0.2) is 9.55 Å². The van der Waals surface area contributed by atoms with E-state index >= 15 is 0 Å². The normalized spacial score (nSPS) is 10.8. The minimum Gasteiger partial charge on any atom is -0.383 e. The van der Waals surface area contributed by atoms with Gasteiger partial charge in [-0.05, 0) is 32.0 Å². The van der Waals surface area contributed by atoms with Crippen LogP contribution < -0.4 is 5.73 Å². The molecule has 2 rings (SSSR count). The molecular formula is C12H13F2N3. The third-order valence-electron chi connectivity index (χ3n) is 2.71. The predicted molar refractivity (Wildman–Crippen MR) is 62.4 cm³/mol. The Morgan fingerprint density at radius 1 is 1.29 bits per heavy atom. The fourth-order valence-corrected chi connectivity index (χ4v) is 1.84. The van der Waals surface area contributed by atoms with Gasteiger partial charge in [-0.3, -0.25) is 0 Å². The summed E-state index contributed by atoms with van der Waals surface area (Å²) in [6.07, 6.45) is 0. The van der Waals surface area contributed by atoms with Crippen LogP contribution in [0.15, 0.2) is 18.2 Å². The number of hydrogen-bond acceptors (Lipinski definition) is 2. The number of nitrogens with zero attached hydrogens (tertiary/aromatic N) is 2. The summed E-state index contributed by atoms with van der Waals surface area (Å²) in [6.45, 7) is 4.46. The molecule has 0 saturated carbocycles. The maximum absolute atomic E-state index is 13.1. The van der Waals surface area contributed by atoms with Crippen LogP contribution in [0.5, 0.6) is 0 Å². The van der Waals surface area contributed by atoms with Crippen molar-refractivity contribution in [3.8, 4) is 11.3 Å². The molecule has 0 saturated heterocycles. The monoisotopic (exact) mass is 237 g/mol. The third-order valence-corrected chi connectivity index (χ3v) is 2.71. The lowest BCUT2D eigenvalue weighted by Gasteiger charge is -2.03. The van der Waals surface area contributed by atoms with Crippen molar-refractivity contribution in [3.05, 3.63) is 35.7 Å². The summed E-state index contributed by atoms with van der Waals surface area (Å²) >= 11 is 0. The molecule has 17 heavy (non-hydrogen) atoms. The van der Waals surface area contributed by atoms with E-state index in [0.717, 1.165) is 18.0 Å². The lowest BCUT2D eigenvalue weighted by atomic mass is 10.1. The Balaban J connectivity index is 2.57. The van der Waals surface area contributed by atoms with Gasteiger partial charge in [-0.25, -0.2) is 13.8 Å². The maximum atomic E-state index is 13.1. The first kappa shape index (κ1) is 11.6. The Hall–Kier alpha value is -1.91. The number of imidazole rings is 1. The van der Waals surface area contributed by atoms with Gasteiger partial charge in [0.2, 0.25) is 0 Å². The highest BCUT2D eigenvalue weighted by atomic mass is 19.2. The number of aromatic nitrogens is 2. The molecule has 1 aromatic heterocycles. The van der Waals surface area contributed by atoms with Gasteiger partial charge in [0.25, 0.3) is 0 Å². The largest absolute Gasteiger partial charge is 0.383 e. The van der Waals surface area contributed by atoms with Gasteiger partial charge in [-0.1, -0.05) is 0 Å². The molecule has 0 bridgehead atoms. The van der Waals surface area contributed by atoms with Crippen molar-refractivity contribution in [1.82, 2.24) is 9.55 Å². The van der Waals surface area contributed by atoms with E-state index in [-0.39, 0.29) is 0 Å². The van der Waals surface area contributed by atoms with E-state index in [9.17, 15) is 8.78 Å². The number of aryl methyl sites for hydroxylation is 1. The van der Waals surface area contributed by atoms with Crippen LogP contribution in [0.1, 0.15) is 12.7 Å². The first-order chi connectivity index (χ1) is 8.04. The SMILES string of the molecule is CCn1c(C)nc(-c2ccc(F)c(F)c2)c1N. The summed E-state index contributed by atoms with van der Waals surface area (Å²) in [5.41, 5.74) is 6.89. The van der Waals surface area contributed by atoms with Crippen molar-refractivity contribution in [2.75, 3.05) is 5.73 Å². The summed E-state index contributed by atoms with van der Waals surface area (Å²) in [4.78, 5) is 4.27. The molecule has 0 fully saturated rings. The zero-order valence-electron chi connectivity index (χ0n) is 9.67. The summed E-state index contributed by atoms with van der Waals surface area (Å²) in [6, 6.07) is 3.65. The molecule has 1 heterocycles. The van der Waals surface area contributed by atoms with Gasteiger partial charge in [0, 0.05) is 12.1 Å². The average Bonchev–Trinajstić information content (AvgIpc) is 2.58. The number of rotatable bonds is 2. The summed E-state index contributed by atoms with van der Waals surface area (Å²) in [7, 11) is 0. The second-order valence-electron chi connectivity index (χ2n) is 3.77. The zero-order valence-corrected chi connectivity index (χ0v) is 9.67. The Bertz CT molecular complexity index is 561. The minimum absolute atomic E-state index is 0.469. The van der Waals surface area contributed by atoms with E-state index in [2.05, 4.69) is 4.98 Å². The number of anilines is 1. The van der Waals surface area contributed by atoms with Crippen molar-refractivity contribution >= 4 is 5.82 Å². The molecular weight excluding hydrogens is 224 g/mol. The fourth-order valence-electron chi connectivity index (χ4n) is 1.84. The van der Waals surface area contributed by atoms with Gasteiger partial charge in [-0.15, -0.1) is 0 Å². The molecule has 2 aromatic rings. The van der Waals surface area contributed by atoms with E-state index in [4.69, 9.17) is 5.73 Å². The Kier molecular flexibility index (Phi) is 2.83. The Labute approximate surface area is 97.9 Å². The van der Waals surface area contributed by atoms with Crippen LogP contribution >= 0.6 is 0 Å². The molecule has 0 aliphatic carbocycles. The summed E-state index contributed by atoms with van der Waals surface area (Å²) in [5, 5.41) is 0. The van der Waals surface area contributed by atoms with Crippen molar-refractivity contribution in [3.63, 3.8) is 0 Å². The zero-order chi connectivity index (χ0) is 12.6. The molecule has 2 N–H and O–H groups in total. The van der Waals surface area contributed by atoms with Gasteiger partial charge in [0.15, 0.2) is 11.6 Å². The predicted octanol–water partition coefficient (Wildman–Crippen LogP) is 2.74. The van der Waals surface area contributed by atoms with Gasteiger partial charge in [-0.2, -0.15) is 0 Å². The van der Waals surface area contributed by atoms with Gasteiger partial charge >= 0.3 is 0 Å². The highest BCUT2D eigenvalue weighted by Crippen LogP contribution is 2.27. The second kappa shape index (κ2) is 4.16. The smallest absolute Gasteiger partial charge is 0.159 e. The van der Waals surface area contributed by atoms with E-state index in [0.29, 0.717) is 23.6 Å². The minimum atomic E-state index is -0.898. The lowest BCUT2D eigenvalue weighted by molar-refractivity contribution is 0.509. The quantitative estimate of drug-likeness (QED) is 0.872. The topological polar surface area (TPSA) is 43.8 Å². The molecule has 3 nitrogen and oxygen atoms in total. The maximum Gasteiger partial charge on any atom is 0.159 e. The number of halogens is 2. The highest BCUT2D eigenvalue weighted by molar-refractivity contribution is 5.71. The van der Waals surface area contributed by atoms with Crippen molar-refractivity contribution in [1.29, 1.82) is 0 Å². The molecule has 1 aromatic carbocycles. The van der Waals surface area contributed by atoms with Crippen LogP contribution in [0.4, 0.5) is 14.6 Å². The number of hydrogen-bond donors (Lipinski definition) is 1. The first-order valence-corrected chi connectivity index (χ1v) is 5.32. The lowest BCUT2D eigenvalue weighted by Crippen LogP contribution is -2.02. The fraction of sp³-hybridized carbons (Fsp3) is 0.250. The molecule has 0 radical (unpaired) electrons. The first-order valence-electron chi connectivity index (χ1n) is 5.32. The standard InChI is InChI=1S/C12H13F2N3/c1-3-17-7(2)16-11(12(17)15)8-4-5-9(13)10(14)6-8/h4-6H,3,15H2,1-2H3. The Morgan fingerprint density at radius 2 is 2.00 bits per heavy atom. The molecule has 0 spiro atoms. The summed E-state index contributed by atoms with van der Waals surface area (Å²) in [5.74, 6) is -0.551. The molecule has 0 amide bonds. The van der Waals surface area contributed by atoms with Crippen LogP contribution in [0, 0.1) is 18.6 Å². The molecule has 0 atom stereocenters. The van der Waals surface area contributed by atoms with Crippen molar-refractivity contribution < 1.29 is 8.78 Å². The Morgan fingerprint density at radius 3 is 2.53 bits per heavy atom. The second-order valence-corrected chi connectivity index (χ2v) is 3.77. The van der Waals surface area contributed by atoms with Gasteiger partial charge < -0.3 is 10.3 Å². The van der Waals surface area contributed by atoms with Gasteiger partial charge in [0.05, 0.1) is 0 Å². The molecule has 90 valence electrons.